The Labute approximate surface area is 418 Å². The van der Waals surface area contributed by atoms with Crippen molar-refractivity contribution in [1.82, 2.24) is 0 Å². The van der Waals surface area contributed by atoms with Gasteiger partial charge in [-0.2, -0.15) is 0 Å². The van der Waals surface area contributed by atoms with Gasteiger partial charge in [-0.05, 0) is 157 Å². The van der Waals surface area contributed by atoms with Crippen molar-refractivity contribution in [2.45, 2.75) is 165 Å². The van der Waals surface area contributed by atoms with Gasteiger partial charge in [0.1, 0.15) is 0 Å². The Morgan fingerprint density at radius 3 is 1.79 bits per heavy atom. The van der Waals surface area contributed by atoms with Gasteiger partial charge in [0.2, 0.25) is 5.78 Å². The number of carbonyl (C=O) groups is 5. The van der Waals surface area contributed by atoms with Crippen molar-refractivity contribution in [3.05, 3.63) is 141 Å². The molecule has 0 heterocycles. The third-order valence-corrected chi connectivity index (χ3v) is 17.2. The number of ketones is 3. The van der Waals surface area contributed by atoms with Crippen LogP contribution in [-0.2, 0) is 33.4 Å². The van der Waals surface area contributed by atoms with Crippen LogP contribution in [0.2, 0.25) is 0 Å². The Bertz CT molecular complexity index is 2550. The normalized spacial score (nSPS) is 32.8. The lowest BCUT2D eigenvalue weighted by Gasteiger charge is -2.59. The quantitative estimate of drug-likeness (QED) is 0.0970. The van der Waals surface area contributed by atoms with Crippen LogP contribution in [0.4, 0.5) is 4.39 Å². The number of ether oxygens (including phenoxy) is 2. The molecule has 0 aromatic rings. The van der Waals surface area contributed by atoms with Crippen molar-refractivity contribution in [3.8, 4) is 0 Å². The number of allylic oxidation sites excluding steroid dienone is 22. The van der Waals surface area contributed by atoms with E-state index in [4.69, 9.17) is 9.47 Å². The molecule has 0 aromatic carbocycles. The Kier molecular flexibility index (Phi) is 16.1. The van der Waals surface area contributed by atoms with Gasteiger partial charge in [-0.3, -0.25) is 14.4 Å². The van der Waals surface area contributed by atoms with Crippen LogP contribution in [-0.4, -0.2) is 47.2 Å². The maximum absolute atomic E-state index is 18.1. The van der Waals surface area contributed by atoms with E-state index in [0.717, 1.165) is 36.8 Å². The molecule has 3 saturated carbocycles. The lowest BCUT2D eigenvalue weighted by atomic mass is 9.45. The largest absolute Gasteiger partial charge is 0.454 e. The van der Waals surface area contributed by atoms with Crippen LogP contribution in [0.25, 0.3) is 0 Å². The van der Waals surface area contributed by atoms with Gasteiger partial charge in [0.25, 0.3) is 0 Å². The van der Waals surface area contributed by atoms with Gasteiger partial charge in [0, 0.05) is 41.2 Å². The summed E-state index contributed by atoms with van der Waals surface area (Å²) in [5, 5.41) is 0. The molecular weight excluding hydrogens is 876 g/mol. The van der Waals surface area contributed by atoms with E-state index in [1.54, 1.807) is 46.8 Å². The highest BCUT2D eigenvalue weighted by Crippen LogP contribution is 2.70. The monoisotopic (exact) mass is 955 g/mol. The molecule has 0 unspecified atom stereocenters. The fraction of sp³-hybridized carbons (Fsp3) is 0.532. The first-order valence-corrected chi connectivity index (χ1v) is 25.6. The predicted octanol–water partition coefficient (Wildman–Crippen LogP) is 14.3. The van der Waals surface area contributed by atoms with Gasteiger partial charge in [-0.25, -0.2) is 14.0 Å². The van der Waals surface area contributed by atoms with Gasteiger partial charge in [0.15, 0.2) is 29.4 Å². The first kappa shape index (κ1) is 54.1. The summed E-state index contributed by atoms with van der Waals surface area (Å²) in [4.78, 5) is 69.6. The lowest BCUT2D eigenvalue weighted by molar-refractivity contribution is -0.201. The maximum Gasteiger partial charge on any atom is 0.332 e. The van der Waals surface area contributed by atoms with Crippen molar-refractivity contribution in [2.75, 3.05) is 6.61 Å². The molecule has 0 saturated heterocycles. The Balaban J connectivity index is 1.23. The minimum Gasteiger partial charge on any atom is -0.454 e. The molecule has 3 fully saturated rings. The summed E-state index contributed by atoms with van der Waals surface area (Å²) in [5.41, 5.74) is 2.76. The van der Waals surface area contributed by atoms with E-state index >= 15 is 4.39 Å². The third kappa shape index (κ3) is 10.5. The zero-order valence-corrected chi connectivity index (χ0v) is 44.4. The number of fused-ring (bicyclic) bond motifs is 5. The second-order valence-corrected chi connectivity index (χ2v) is 23.3. The van der Waals surface area contributed by atoms with Crippen molar-refractivity contribution in [3.63, 3.8) is 0 Å². The summed E-state index contributed by atoms with van der Waals surface area (Å²) < 4.78 is 30.1. The summed E-state index contributed by atoms with van der Waals surface area (Å²) in [6, 6.07) is 0. The van der Waals surface area contributed by atoms with E-state index in [1.165, 1.54) is 65.5 Å². The van der Waals surface area contributed by atoms with Gasteiger partial charge < -0.3 is 9.47 Å². The summed E-state index contributed by atoms with van der Waals surface area (Å²) >= 11 is 0. The van der Waals surface area contributed by atoms with Crippen LogP contribution >= 0.6 is 0 Å². The Hall–Kier alpha value is -5.24. The van der Waals surface area contributed by atoms with E-state index in [9.17, 15) is 24.0 Å². The average molecular weight is 955 g/mol. The highest BCUT2D eigenvalue weighted by atomic mass is 19.1. The van der Waals surface area contributed by atoms with Crippen LogP contribution in [0.3, 0.4) is 0 Å². The lowest BCUT2D eigenvalue weighted by Crippen LogP contribution is -2.68. The molecule has 8 heteroatoms. The minimum absolute atomic E-state index is 0.124. The molecule has 0 aromatic heterocycles. The molecule has 7 nitrogen and oxygen atoms in total. The first-order valence-electron chi connectivity index (χ1n) is 25.6. The number of carbonyl (C=O) groups excluding carboxylic acids is 5. The second-order valence-electron chi connectivity index (χ2n) is 23.3. The van der Waals surface area contributed by atoms with Crippen molar-refractivity contribution in [1.29, 1.82) is 0 Å². The van der Waals surface area contributed by atoms with Crippen molar-refractivity contribution in [2.24, 2.45) is 39.4 Å². The molecule has 70 heavy (non-hydrogen) atoms. The number of hydrogen-bond acceptors (Lipinski definition) is 7. The summed E-state index contributed by atoms with van der Waals surface area (Å²) in [6.07, 6.45) is 34.4. The van der Waals surface area contributed by atoms with Crippen LogP contribution in [0.1, 0.15) is 154 Å². The molecule has 6 aliphatic rings. The summed E-state index contributed by atoms with van der Waals surface area (Å²) in [5.74, 6) is -5.16. The first-order chi connectivity index (χ1) is 32.7. The number of esters is 2. The molecule has 6 rings (SSSR count). The molecule has 0 amide bonds. The van der Waals surface area contributed by atoms with Crippen LogP contribution < -0.4 is 0 Å². The van der Waals surface area contributed by atoms with E-state index in [1.807, 2.05) is 38.2 Å². The SMILES string of the molecule is CC(C=CC1=C(C)CCCC1(C)C)=CC=CC(C)=CC(=O)OCC(=O)[C@]1(OC(=O)C=C(C)C=CC=C(C)C=CC2=C(C)CCCC2(C)C)[C@H](C)C[C@H]2[C@@H]3CCC4=CC(=O)C=C[C@]4(C)[C@@]3(F)C(=O)C[C@@]21C. The Morgan fingerprint density at radius 2 is 1.26 bits per heavy atom. The standard InChI is InChI=1S/C62H79FO7/c1-40(24-27-49-44(5)22-16-31-57(49,8)9)18-14-20-42(3)34-55(67)69-39-54(66)62(70-56(68)35-43(4)21-15-19-41(2)25-28-50-45(6)23-17-32-58(50,10)11)46(7)36-52-51-29-26-47-37-48(64)30-33-59(47,12)61(51,63)53(65)38-60(52,62)13/h14-15,18-21,24-25,27-28,30,33-35,37,46,51-52H,16-17,22-23,26,29,31-32,36,38-39H2,1-13H3/t46-,51+,52+,59+,60+,61+,62-/m1/s1. The van der Waals surface area contributed by atoms with Crippen molar-refractivity contribution >= 4 is 29.3 Å². The highest BCUT2D eigenvalue weighted by molar-refractivity contribution is 6.03. The fourth-order valence-corrected chi connectivity index (χ4v) is 13.3. The average Bonchev–Trinajstić information content (AvgIpc) is 3.47. The predicted molar refractivity (Wildman–Crippen MR) is 279 cm³/mol. The number of alkyl halides is 1. The minimum atomic E-state index is -2.35. The number of halogens is 1. The Morgan fingerprint density at radius 1 is 0.729 bits per heavy atom. The maximum atomic E-state index is 18.1. The number of Topliss-reactive ketones (excluding diaryl/α,β-unsaturated/α-hetero) is 2. The van der Waals surface area contributed by atoms with Gasteiger partial charge in [-0.1, -0.05) is 136 Å². The zero-order chi connectivity index (χ0) is 51.6. The van der Waals surface area contributed by atoms with Gasteiger partial charge in [0.05, 0.1) is 0 Å². The van der Waals surface area contributed by atoms with Crippen molar-refractivity contribution < 1.29 is 37.8 Å². The second kappa shape index (κ2) is 20.8. The van der Waals surface area contributed by atoms with E-state index < -0.39 is 70.0 Å². The highest BCUT2D eigenvalue weighted by Gasteiger charge is 2.77. The topological polar surface area (TPSA) is 104 Å². The number of hydrogen-bond donors (Lipinski definition) is 0. The molecule has 0 spiro atoms. The molecular formula is C62H79FO7. The van der Waals surface area contributed by atoms with E-state index in [0.29, 0.717) is 29.6 Å². The third-order valence-electron chi connectivity index (χ3n) is 17.2. The molecule has 0 aliphatic heterocycles. The zero-order valence-electron chi connectivity index (χ0n) is 44.4. The van der Waals surface area contributed by atoms with E-state index in [2.05, 4.69) is 65.8 Å². The molecule has 7 atom stereocenters. The van der Waals surface area contributed by atoms with Gasteiger partial charge in [-0.15, -0.1) is 0 Å². The fourth-order valence-electron chi connectivity index (χ4n) is 13.3. The van der Waals surface area contributed by atoms with Crippen LogP contribution in [0.5, 0.6) is 0 Å². The molecule has 0 N–H and O–H groups in total. The smallest absolute Gasteiger partial charge is 0.332 e. The molecule has 0 radical (unpaired) electrons. The molecule has 376 valence electrons. The van der Waals surface area contributed by atoms with Crippen LogP contribution in [0, 0.1) is 39.4 Å². The van der Waals surface area contributed by atoms with E-state index in [-0.39, 0.29) is 29.5 Å². The molecule has 0 bridgehead atoms. The number of rotatable bonds is 14. The molecule has 6 aliphatic carbocycles. The van der Waals surface area contributed by atoms with Gasteiger partial charge >= 0.3 is 11.9 Å². The van der Waals surface area contributed by atoms with Crippen LogP contribution in [0.15, 0.2) is 141 Å². The summed E-state index contributed by atoms with van der Waals surface area (Å²) in [7, 11) is 0. The summed E-state index contributed by atoms with van der Waals surface area (Å²) in [6.45, 7) is 25.7.